The molecule has 1 fully saturated rings. The van der Waals surface area contributed by atoms with Gasteiger partial charge in [0.2, 0.25) is 0 Å². The van der Waals surface area contributed by atoms with Gasteiger partial charge in [0.15, 0.2) is 5.65 Å². The van der Waals surface area contributed by atoms with Gasteiger partial charge in [-0.25, -0.2) is 4.98 Å². The van der Waals surface area contributed by atoms with Crippen LogP contribution in [0.15, 0.2) is 36.7 Å². The van der Waals surface area contributed by atoms with Crippen molar-refractivity contribution in [2.75, 3.05) is 43.9 Å². The topological polar surface area (TPSA) is 111 Å². The van der Waals surface area contributed by atoms with Crippen molar-refractivity contribution in [3.63, 3.8) is 0 Å². The molecular weight excluding hydrogens is 412 g/mol. The van der Waals surface area contributed by atoms with Crippen molar-refractivity contribution in [3.8, 4) is 28.5 Å². The maximum atomic E-state index is 9.32. The Morgan fingerprint density at radius 1 is 1.00 bits per heavy atom. The van der Waals surface area contributed by atoms with Gasteiger partial charge < -0.3 is 20.5 Å². The molecule has 8 nitrogen and oxygen atoms in total. The molecule has 0 unspecified atom stereocenters. The number of anilines is 2. The van der Waals surface area contributed by atoms with E-state index in [4.69, 9.17) is 5.73 Å². The molecule has 3 aromatic heterocycles. The number of H-pyrrole nitrogens is 1. The number of pyridine rings is 1. The third-order valence-corrected chi connectivity index (χ3v) is 6.39. The van der Waals surface area contributed by atoms with Gasteiger partial charge in [-0.15, -0.1) is 10.2 Å². The number of aromatic nitrogens is 4. The molecule has 33 heavy (non-hydrogen) atoms. The van der Waals surface area contributed by atoms with E-state index in [1.54, 1.807) is 12.3 Å². The molecule has 0 atom stereocenters. The lowest BCUT2D eigenvalue weighted by atomic mass is 9.99. The van der Waals surface area contributed by atoms with Gasteiger partial charge in [-0.2, -0.15) is 5.26 Å². The molecule has 5 rings (SSSR count). The molecule has 1 saturated heterocycles. The van der Waals surface area contributed by atoms with Crippen LogP contribution in [0.3, 0.4) is 0 Å². The Bertz CT molecular complexity index is 1370. The first-order valence-corrected chi connectivity index (χ1v) is 11.0. The molecular formula is C25H26N8. The molecule has 0 spiro atoms. The van der Waals surface area contributed by atoms with Crippen molar-refractivity contribution in [2.24, 2.45) is 0 Å². The fourth-order valence-corrected chi connectivity index (χ4v) is 4.65. The fraction of sp³-hybridized carbons (Fsp3) is 0.280. The minimum Gasteiger partial charge on any atom is -0.383 e. The number of piperazine rings is 1. The predicted molar refractivity (Wildman–Crippen MR) is 131 cm³/mol. The lowest BCUT2D eigenvalue weighted by molar-refractivity contribution is 0.312. The number of aromatic amines is 1. The van der Waals surface area contributed by atoms with Crippen LogP contribution >= 0.6 is 0 Å². The molecule has 0 radical (unpaired) electrons. The van der Waals surface area contributed by atoms with Crippen molar-refractivity contribution < 1.29 is 0 Å². The first-order chi connectivity index (χ1) is 15.9. The van der Waals surface area contributed by atoms with Gasteiger partial charge in [0.1, 0.15) is 11.9 Å². The monoisotopic (exact) mass is 438 g/mol. The average Bonchev–Trinajstić information content (AvgIpc) is 3.23. The van der Waals surface area contributed by atoms with E-state index in [0.29, 0.717) is 11.2 Å². The van der Waals surface area contributed by atoms with Gasteiger partial charge in [-0.3, -0.25) is 0 Å². The molecule has 0 saturated carbocycles. The molecule has 1 aliphatic heterocycles. The summed E-state index contributed by atoms with van der Waals surface area (Å²) in [6, 6.07) is 10.3. The summed E-state index contributed by atoms with van der Waals surface area (Å²) in [7, 11) is 2.17. The third kappa shape index (κ3) is 3.77. The van der Waals surface area contributed by atoms with Crippen LogP contribution in [-0.2, 0) is 0 Å². The summed E-state index contributed by atoms with van der Waals surface area (Å²) in [4.78, 5) is 12.2. The number of fused-ring (bicyclic) bond motifs is 1. The highest BCUT2D eigenvalue weighted by Crippen LogP contribution is 2.34. The Balaban J connectivity index is 1.55. The van der Waals surface area contributed by atoms with Crippen molar-refractivity contribution in [3.05, 3.63) is 53.3 Å². The number of hydrogen-bond acceptors (Lipinski definition) is 7. The average molecular weight is 439 g/mol. The summed E-state index contributed by atoms with van der Waals surface area (Å²) in [5.41, 5.74) is 14.2. The van der Waals surface area contributed by atoms with Gasteiger partial charge in [0, 0.05) is 66.3 Å². The van der Waals surface area contributed by atoms with E-state index in [0.717, 1.165) is 53.9 Å². The lowest BCUT2D eigenvalue weighted by Crippen LogP contribution is -2.45. The second-order valence-corrected chi connectivity index (χ2v) is 8.71. The zero-order chi connectivity index (χ0) is 23.1. The Hall–Kier alpha value is -3.96. The number of hydrogen-bond donors (Lipinski definition) is 2. The highest BCUT2D eigenvalue weighted by atomic mass is 15.2. The van der Waals surface area contributed by atoms with Gasteiger partial charge in [0.25, 0.3) is 0 Å². The zero-order valence-corrected chi connectivity index (χ0v) is 19.1. The lowest BCUT2D eigenvalue weighted by Gasteiger charge is -2.36. The van der Waals surface area contributed by atoms with E-state index in [1.807, 2.05) is 12.3 Å². The minimum atomic E-state index is 0.230. The summed E-state index contributed by atoms with van der Waals surface area (Å²) < 4.78 is 0. The van der Waals surface area contributed by atoms with Crippen LogP contribution in [0.4, 0.5) is 11.5 Å². The van der Waals surface area contributed by atoms with Crippen LogP contribution in [0.5, 0.6) is 0 Å². The summed E-state index contributed by atoms with van der Waals surface area (Å²) >= 11 is 0. The molecule has 1 aliphatic rings. The SMILES string of the molecule is Cc1cc(-c2cc3c(-c4cnc(N)c(C#N)c4)c[nH]c3nn2)cc(C)c1N1CCN(C)CC1. The molecule has 0 aliphatic carbocycles. The van der Waals surface area contributed by atoms with E-state index in [9.17, 15) is 5.26 Å². The van der Waals surface area contributed by atoms with Crippen LogP contribution in [0.1, 0.15) is 16.7 Å². The number of likely N-dealkylation sites (N-methyl/N-ethyl adjacent to an activating group) is 1. The summed E-state index contributed by atoms with van der Waals surface area (Å²) in [6.07, 6.45) is 3.54. The standard InChI is InChI=1S/C25H26N8/c1-15-8-17(9-16(2)23(15)33-6-4-32(3)5-7-33)22-11-20-21(14-29-25(20)31-30-22)19-10-18(12-26)24(27)28-13-19/h8-11,13-14H,4-7H2,1-3H3,(H2,27,28)(H,29,31). The Morgan fingerprint density at radius 3 is 2.42 bits per heavy atom. The van der Waals surface area contributed by atoms with Crippen molar-refractivity contribution in [2.45, 2.75) is 13.8 Å². The van der Waals surface area contributed by atoms with E-state index < -0.39 is 0 Å². The minimum absolute atomic E-state index is 0.230. The molecule has 8 heteroatoms. The number of nitrogens with zero attached hydrogens (tertiary/aromatic N) is 6. The summed E-state index contributed by atoms with van der Waals surface area (Å²) in [6.45, 7) is 8.56. The van der Waals surface area contributed by atoms with E-state index in [2.05, 4.69) is 69.1 Å². The largest absolute Gasteiger partial charge is 0.383 e. The molecule has 0 bridgehead atoms. The maximum absolute atomic E-state index is 9.32. The zero-order valence-electron chi connectivity index (χ0n) is 19.1. The third-order valence-electron chi connectivity index (χ3n) is 6.39. The molecule has 166 valence electrons. The van der Waals surface area contributed by atoms with Gasteiger partial charge in [0.05, 0.1) is 11.3 Å². The predicted octanol–water partition coefficient (Wildman–Crippen LogP) is 3.51. The Labute approximate surface area is 192 Å². The van der Waals surface area contributed by atoms with Crippen LogP contribution in [0.25, 0.3) is 33.4 Å². The van der Waals surface area contributed by atoms with Crippen molar-refractivity contribution >= 4 is 22.5 Å². The molecule has 0 amide bonds. The van der Waals surface area contributed by atoms with Crippen LogP contribution in [-0.4, -0.2) is 58.3 Å². The second kappa shape index (κ2) is 8.19. The molecule has 4 aromatic rings. The van der Waals surface area contributed by atoms with Crippen molar-refractivity contribution in [1.29, 1.82) is 5.26 Å². The fourth-order valence-electron chi connectivity index (χ4n) is 4.65. The first-order valence-electron chi connectivity index (χ1n) is 11.0. The number of nitrogens with one attached hydrogen (secondary N) is 1. The van der Waals surface area contributed by atoms with Crippen LogP contribution in [0.2, 0.25) is 0 Å². The van der Waals surface area contributed by atoms with E-state index in [1.165, 1.54) is 16.8 Å². The molecule has 1 aromatic carbocycles. The van der Waals surface area contributed by atoms with Crippen LogP contribution < -0.4 is 10.6 Å². The van der Waals surface area contributed by atoms with Gasteiger partial charge >= 0.3 is 0 Å². The van der Waals surface area contributed by atoms with Crippen LogP contribution in [0, 0.1) is 25.2 Å². The van der Waals surface area contributed by atoms with E-state index in [-0.39, 0.29) is 5.82 Å². The highest BCUT2D eigenvalue weighted by molar-refractivity contribution is 5.95. The number of benzene rings is 1. The highest BCUT2D eigenvalue weighted by Gasteiger charge is 2.19. The normalized spacial score (nSPS) is 14.5. The Kier molecular flexibility index (Phi) is 5.19. The number of nitrogen functional groups attached to an aromatic ring is 1. The summed E-state index contributed by atoms with van der Waals surface area (Å²) in [5, 5.41) is 19.1. The van der Waals surface area contributed by atoms with Gasteiger partial charge in [-0.1, -0.05) is 0 Å². The number of aryl methyl sites for hydroxylation is 2. The Morgan fingerprint density at radius 2 is 1.73 bits per heavy atom. The van der Waals surface area contributed by atoms with Gasteiger partial charge in [-0.05, 0) is 56.3 Å². The molecule has 3 N–H and O–H groups in total. The number of rotatable bonds is 3. The van der Waals surface area contributed by atoms with E-state index >= 15 is 0 Å². The first kappa shape index (κ1) is 20.9. The second-order valence-electron chi connectivity index (χ2n) is 8.71. The summed E-state index contributed by atoms with van der Waals surface area (Å²) in [5.74, 6) is 0.230. The molecule has 4 heterocycles. The number of nitrogens with two attached hydrogens (primary N) is 1. The quantitative estimate of drug-likeness (QED) is 0.503. The smallest absolute Gasteiger partial charge is 0.160 e. The maximum Gasteiger partial charge on any atom is 0.160 e. The number of nitriles is 1. The van der Waals surface area contributed by atoms with Crippen molar-refractivity contribution in [1.82, 2.24) is 25.1 Å².